The van der Waals surface area contributed by atoms with E-state index in [-0.39, 0.29) is 29.6 Å². The second-order valence-corrected chi connectivity index (χ2v) is 7.43. The van der Waals surface area contributed by atoms with Crippen LogP contribution in [0.3, 0.4) is 0 Å². The zero-order chi connectivity index (χ0) is 19.5. The third-order valence-electron chi connectivity index (χ3n) is 5.37. The standard InChI is InChI=1S/C22H22F2N2O2/c23-17-8-3-5-15(11-17)13-26(22(27)16-6-4-7-16)14-18-12-21(25-28-18)19-9-1-2-10-20(19)24/h1-3,5,8-11,16,18H,4,6-7,12-14H2/t18-/m1/s1. The average molecular weight is 384 g/mol. The number of amides is 1. The van der Waals surface area contributed by atoms with Gasteiger partial charge in [0.1, 0.15) is 11.6 Å². The predicted octanol–water partition coefficient (Wildman–Crippen LogP) is 4.29. The first kappa shape index (κ1) is 18.6. The Morgan fingerprint density at radius 1 is 1.14 bits per heavy atom. The van der Waals surface area contributed by atoms with Gasteiger partial charge in [0, 0.05) is 24.4 Å². The quantitative estimate of drug-likeness (QED) is 0.746. The van der Waals surface area contributed by atoms with Crippen LogP contribution in [0.1, 0.15) is 36.8 Å². The Kier molecular flexibility index (Phi) is 5.37. The van der Waals surface area contributed by atoms with Gasteiger partial charge in [0.05, 0.1) is 12.3 Å². The summed E-state index contributed by atoms with van der Waals surface area (Å²) in [7, 11) is 0. The highest BCUT2D eigenvalue weighted by molar-refractivity contribution is 6.01. The van der Waals surface area contributed by atoms with E-state index in [1.54, 1.807) is 35.2 Å². The molecule has 2 aromatic rings. The van der Waals surface area contributed by atoms with E-state index in [9.17, 15) is 13.6 Å². The molecule has 0 bridgehead atoms. The molecule has 4 rings (SSSR count). The number of hydrogen-bond donors (Lipinski definition) is 0. The minimum atomic E-state index is -0.341. The number of nitrogens with zero attached hydrogens (tertiary/aromatic N) is 2. The Hall–Kier alpha value is -2.76. The summed E-state index contributed by atoms with van der Waals surface area (Å²) < 4.78 is 27.6. The van der Waals surface area contributed by atoms with E-state index < -0.39 is 0 Å². The molecule has 1 aliphatic carbocycles. The van der Waals surface area contributed by atoms with Crippen LogP contribution < -0.4 is 0 Å². The molecular weight excluding hydrogens is 362 g/mol. The fraction of sp³-hybridized carbons (Fsp3) is 0.364. The highest BCUT2D eigenvalue weighted by Crippen LogP contribution is 2.30. The molecule has 0 aromatic heterocycles. The summed E-state index contributed by atoms with van der Waals surface area (Å²) in [5, 5.41) is 4.04. The molecule has 0 N–H and O–H groups in total. The van der Waals surface area contributed by atoms with Crippen molar-refractivity contribution < 1.29 is 18.4 Å². The van der Waals surface area contributed by atoms with Crippen LogP contribution in [0.25, 0.3) is 0 Å². The van der Waals surface area contributed by atoms with Gasteiger partial charge in [-0.05, 0) is 36.6 Å². The number of benzene rings is 2. The molecule has 1 heterocycles. The minimum absolute atomic E-state index is 0.0296. The van der Waals surface area contributed by atoms with Crippen molar-refractivity contribution in [3.63, 3.8) is 0 Å². The Labute approximate surface area is 162 Å². The predicted molar refractivity (Wildman–Crippen MR) is 102 cm³/mol. The average Bonchev–Trinajstić information content (AvgIpc) is 3.08. The zero-order valence-corrected chi connectivity index (χ0v) is 15.5. The number of rotatable bonds is 6. The lowest BCUT2D eigenvalue weighted by atomic mass is 9.84. The van der Waals surface area contributed by atoms with Gasteiger partial charge < -0.3 is 9.74 Å². The summed E-state index contributed by atoms with van der Waals surface area (Å²) in [6.07, 6.45) is 2.93. The molecule has 28 heavy (non-hydrogen) atoms. The molecule has 0 saturated heterocycles. The molecule has 2 aliphatic rings. The number of carbonyl (C=O) groups excluding carboxylic acids is 1. The Balaban J connectivity index is 1.45. The molecule has 1 atom stereocenters. The fourth-order valence-corrected chi connectivity index (χ4v) is 3.63. The Bertz CT molecular complexity index is 896. The van der Waals surface area contributed by atoms with Crippen LogP contribution in [0, 0.1) is 17.6 Å². The largest absolute Gasteiger partial charge is 0.390 e. The van der Waals surface area contributed by atoms with E-state index in [1.807, 2.05) is 0 Å². The van der Waals surface area contributed by atoms with Gasteiger partial charge in [0.2, 0.25) is 5.91 Å². The van der Waals surface area contributed by atoms with Gasteiger partial charge in [-0.3, -0.25) is 4.79 Å². The van der Waals surface area contributed by atoms with Crippen molar-refractivity contribution in [1.82, 2.24) is 4.90 Å². The van der Waals surface area contributed by atoms with Gasteiger partial charge in [-0.1, -0.05) is 41.9 Å². The van der Waals surface area contributed by atoms with E-state index in [4.69, 9.17) is 4.84 Å². The molecule has 146 valence electrons. The molecule has 0 unspecified atom stereocenters. The lowest BCUT2D eigenvalue weighted by molar-refractivity contribution is -0.140. The number of oxime groups is 1. The van der Waals surface area contributed by atoms with E-state index in [1.165, 1.54) is 18.2 Å². The van der Waals surface area contributed by atoms with Gasteiger partial charge in [-0.25, -0.2) is 8.78 Å². The maximum Gasteiger partial charge on any atom is 0.226 e. The highest BCUT2D eigenvalue weighted by Gasteiger charge is 2.33. The van der Waals surface area contributed by atoms with Crippen molar-refractivity contribution >= 4 is 11.6 Å². The zero-order valence-electron chi connectivity index (χ0n) is 15.5. The maximum absolute atomic E-state index is 14.0. The summed E-state index contributed by atoms with van der Waals surface area (Å²) in [5.41, 5.74) is 1.71. The first-order chi connectivity index (χ1) is 13.6. The molecule has 2 aromatic carbocycles. The van der Waals surface area contributed by atoms with Crippen molar-refractivity contribution in [2.45, 2.75) is 38.3 Å². The van der Waals surface area contributed by atoms with Gasteiger partial charge in [-0.15, -0.1) is 0 Å². The molecular formula is C22H22F2N2O2. The van der Waals surface area contributed by atoms with Crippen molar-refractivity contribution in [3.05, 3.63) is 71.3 Å². The first-order valence-corrected chi connectivity index (χ1v) is 9.61. The lowest BCUT2D eigenvalue weighted by Gasteiger charge is -2.32. The highest BCUT2D eigenvalue weighted by atomic mass is 19.1. The van der Waals surface area contributed by atoms with Gasteiger partial charge in [0.25, 0.3) is 0 Å². The van der Waals surface area contributed by atoms with Crippen molar-refractivity contribution in [2.24, 2.45) is 11.1 Å². The summed E-state index contributed by atoms with van der Waals surface area (Å²) in [5.74, 6) is -0.566. The molecule has 1 amide bonds. The number of carbonyl (C=O) groups is 1. The van der Waals surface area contributed by atoms with Crippen LogP contribution in [-0.4, -0.2) is 29.2 Å². The summed E-state index contributed by atoms with van der Waals surface area (Å²) in [6, 6.07) is 12.7. The van der Waals surface area contributed by atoms with Gasteiger partial charge >= 0.3 is 0 Å². The van der Waals surface area contributed by atoms with Gasteiger partial charge in [0.15, 0.2) is 6.10 Å². The summed E-state index contributed by atoms with van der Waals surface area (Å²) >= 11 is 0. The van der Waals surface area contributed by atoms with Crippen LogP contribution in [0.4, 0.5) is 8.78 Å². The second-order valence-electron chi connectivity index (χ2n) is 7.43. The molecule has 1 fully saturated rings. The van der Waals surface area contributed by atoms with E-state index >= 15 is 0 Å². The number of hydrogen-bond acceptors (Lipinski definition) is 3. The van der Waals surface area contributed by atoms with Crippen LogP contribution in [0.15, 0.2) is 53.7 Å². The van der Waals surface area contributed by atoms with Crippen molar-refractivity contribution in [2.75, 3.05) is 6.54 Å². The normalized spacial score (nSPS) is 18.9. The molecule has 4 nitrogen and oxygen atoms in total. The molecule has 0 spiro atoms. The van der Waals surface area contributed by atoms with Crippen molar-refractivity contribution in [1.29, 1.82) is 0 Å². The maximum atomic E-state index is 14.0. The second kappa shape index (κ2) is 8.09. The molecule has 1 aliphatic heterocycles. The van der Waals surface area contributed by atoms with Gasteiger partial charge in [-0.2, -0.15) is 0 Å². The lowest BCUT2D eigenvalue weighted by Crippen LogP contribution is -2.42. The van der Waals surface area contributed by atoms with E-state index in [0.717, 1.165) is 24.8 Å². The molecule has 1 saturated carbocycles. The molecule has 6 heteroatoms. The fourth-order valence-electron chi connectivity index (χ4n) is 3.63. The Morgan fingerprint density at radius 2 is 1.96 bits per heavy atom. The molecule has 0 radical (unpaired) electrons. The number of halogens is 2. The van der Waals surface area contributed by atoms with Crippen LogP contribution in [0.2, 0.25) is 0 Å². The SMILES string of the molecule is O=C(C1CCC1)N(Cc1cccc(F)c1)C[C@H]1CC(c2ccccc2F)=NO1. The van der Waals surface area contributed by atoms with E-state index in [2.05, 4.69) is 5.16 Å². The van der Waals surface area contributed by atoms with Crippen LogP contribution >= 0.6 is 0 Å². The smallest absolute Gasteiger partial charge is 0.226 e. The summed E-state index contributed by atoms with van der Waals surface area (Å²) in [4.78, 5) is 20.1. The Morgan fingerprint density at radius 3 is 2.68 bits per heavy atom. The third-order valence-corrected chi connectivity index (χ3v) is 5.37. The van der Waals surface area contributed by atoms with Crippen LogP contribution in [0.5, 0.6) is 0 Å². The minimum Gasteiger partial charge on any atom is -0.390 e. The topological polar surface area (TPSA) is 41.9 Å². The van der Waals surface area contributed by atoms with E-state index in [0.29, 0.717) is 30.8 Å². The van der Waals surface area contributed by atoms with Crippen LogP contribution in [-0.2, 0) is 16.2 Å². The summed E-state index contributed by atoms with van der Waals surface area (Å²) in [6.45, 7) is 0.662. The van der Waals surface area contributed by atoms with Crippen molar-refractivity contribution in [3.8, 4) is 0 Å². The monoisotopic (exact) mass is 384 g/mol. The first-order valence-electron chi connectivity index (χ1n) is 9.61. The third kappa shape index (κ3) is 4.06.